The minimum atomic E-state index is -4.98. The van der Waals surface area contributed by atoms with Gasteiger partial charge in [0.2, 0.25) is 0 Å². The van der Waals surface area contributed by atoms with Gasteiger partial charge in [0.15, 0.2) is 5.60 Å². The number of rotatable bonds is 8. The molecule has 1 fully saturated rings. The van der Waals surface area contributed by atoms with E-state index < -0.39 is 67.5 Å². The van der Waals surface area contributed by atoms with Crippen molar-refractivity contribution in [3.8, 4) is 5.75 Å². The Labute approximate surface area is 222 Å². The molecule has 1 atom stereocenters. The second kappa shape index (κ2) is 12.3. The molecule has 0 radical (unpaired) electrons. The van der Waals surface area contributed by atoms with Crippen molar-refractivity contribution in [1.29, 1.82) is 0 Å². The fraction of sp³-hybridized carbons (Fsp3) is 0.565. The molecule has 14 nitrogen and oxygen atoms in total. The zero-order chi connectivity index (χ0) is 29.7. The number of carboxylic acid groups (broad SMARTS) is 2. The largest absolute Gasteiger partial charge is 0.481 e. The quantitative estimate of drug-likeness (QED) is 0.154. The monoisotopic (exact) mass is 606 g/mol. The van der Waals surface area contributed by atoms with Gasteiger partial charge in [-0.3, -0.25) is 9.59 Å². The predicted octanol–water partition coefficient (Wildman–Crippen LogP) is 0.0798. The van der Waals surface area contributed by atoms with Crippen LogP contribution in [0.25, 0.3) is 0 Å². The summed E-state index contributed by atoms with van der Waals surface area (Å²) in [6.07, 6.45) is 0.539. The first-order valence-corrected chi connectivity index (χ1v) is 14.8. The van der Waals surface area contributed by atoms with Crippen LogP contribution in [0.2, 0.25) is 0 Å². The number of piperidine rings is 1. The van der Waals surface area contributed by atoms with Crippen LogP contribution < -0.4 is 9.67 Å². The molecule has 0 saturated carbocycles. The normalized spacial score (nSPS) is 18.2. The SMILES string of the molecule is CC(=O)Nc1cc([As](=O)(O)O)ccc1O.CC1(C)CCCC(C)(C)N1OC(=O)CC(O)(CC(=O)O)C(=O)O. The van der Waals surface area contributed by atoms with Crippen LogP contribution in [-0.2, 0) is 27.8 Å². The van der Waals surface area contributed by atoms with E-state index in [-0.39, 0.29) is 15.8 Å². The maximum Gasteiger partial charge on any atom is 0.336 e. The molecule has 1 unspecified atom stereocenters. The number of hydroxylamine groups is 2. The van der Waals surface area contributed by atoms with E-state index in [4.69, 9.17) is 23.2 Å². The molecule has 38 heavy (non-hydrogen) atoms. The summed E-state index contributed by atoms with van der Waals surface area (Å²) in [5, 5.41) is 40.7. The van der Waals surface area contributed by atoms with Crippen LogP contribution >= 0.6 is 0 Å². The fourth-order valence-corrected chi connectivity index (χ4v) is 5.24. The second-order valence-corrected chi connectivity index (χ2v) is 13.6. The topological polar surface area (TPSA) is 231 Å². The molecule has 1 aliphatic heterocycles. The number of hydrogen-bond donors (Lipinski definition) is 7. The molecular weight excluding hydrogens is 571 g/mol. The first kappa shape index (κ1) is 33.1. The molecular formula is C23H35AsN2O12. The Morgan fingerprint density at radius 3 is 2.00 bits per heavy atom. The number of amides is 1. The average molecular weight is 606 g/mol. The maximum atomic E-state index is 12.1. The number of nitrogens with one attached hydrogen (secondary N) is 1. The molecule has 1 saturated heterocycles. The van der Waals surface area contributed by atoms with Gasteiger partial charge in [-0.15, -0.1) is 5.06 Å². The molecule has 2 rings (SSSR count). The van der Waals surface area contributed by atoms with Gasteiger partial charge < -0.3 is 20.2 Å². The molecule has 1 aromatic rings. The Hall–Kier alpha value is -2.90. The van der Waals surface area contributed by atoms with Gasteiger partial charge >= 0.3 is 106 Å². The van der Waals surface area contributed by atoms with E-state index in [0.717, 1.165) is 37.5 Å². The number of carbonyl (C=O) groups excluding carboxylic acids is 2. The minimum absolute atomic E-state index is 0.00951. The summed E-state index contributed by atoms with van der Waals surface area (Å²) in [6.45, 7) is 8.85. The Kier molecular flexibility index (Phi) is 10.7. The number of hydrogen-bond acceptors (Lipinski definition) is 9. The van der Waals surface area contributed by atoms with Crippen molar-refractivity contribution in [3.05, 3.63) is 18.2 Å². The van der Waals surface area contributed by atoms with Crippen molar-refractivity contribution in [3.63, 3.8) is 0 Å². The summed E-state index contributed by atoms with van der Waals surface area (Å²) in [7, 11) is 0. The molecule has 0 spiro atoms. The molecule has 1 aromatic carbocycles. The van der Waals surface area contributed by atoms with Gasteiger partial charge in [-0.1, -0.05) is 0 Å². The standard InChI is InChI=1S/C15H25NO7.C8H10AsNO5/c1-13(2)6-5-7-14(3,4)16(13)23-11(19)9-15(22,12(20)21)8-10(17)18;1-5(11)10-7-4-6(9(13,14)15)2-3-8(7)12/h22H,5-9H2,1-4H3,(H,17,18)(H,20,21);2-4,12H,1H3,(H,10,11)(H2,13,14,15). The summed E-state index contributed by atoms with van der Waals surface area (Å²) in [4.78, 5) is 50.0. The smallest absolute Gasteiger partial charge is 0.336 e. The number of nitrogens with zero attached hydrogens (tertiary/aromatic N) is 1. The summed E-state index contributed by atoms with van der Waals surface area (Å²) < 4.78 is 28.6. The van der Waals surface area contributed by atoms with E-state index in [1.807, 2.05) is 27.7 Å². The Morgan fingerprint density at radius 2 is 1.58 bits per heavy atom. The van der Waals surface area contributed by atoms with Crippen molar-refractivity contribution >= 4 is 48.0 Å². The number of phenolic OH excluding ortho intramolecular Hbond substituents is 1. The predicted molar refractivity (Wildman–Crippen MR) is 132 cm³/mol. The molecule has 0 aromatic heterocycles. The van der Waals surface area contributed by atoms with Gasteiger partial charge in [-0.05, 0) is 47.0 Å². The number of aliphatic hydroxyl groups is 1. The van der Waals surface area contributed by atoms with Crippen LogP contribution in [0.1, 0.15) is 66.7 Å². The van der Waals surface area contributed by atoms with Crippen LogP contribution in [-0.4, -0.2) is 88.3 Å². The zero-order valence-electron chi connectivity index (χ0n) is 21.8. The van der Waals surface area contributed by atoms with Gasteiger partial charge in [0.05, 0.1) is 23.9 Å². The summed E-state index contributed by atoms with van der Waals surface area (Å²) in [5.41, 5.74) is -3.57. The molecule has 15 heteroatoms. The van der Waals surface area contributed by atoms with Crippen LogP contribution in [0.15, 0.2) is 18.2 Å². The van der Waals surface area contributed by atoms with Crippen LogP contribution in [0.3, 0.4) is 0 Å². The molecule has 214 valence electrons. The molecule has 1 amide bonds. The number of phenols is 1. The number of aliphatic carboxylic acids is 2. The maximum absolute atomic E-state index is 12.1. The Bertz CT molecular complexity index is 1100. The van der Waals surface area contributed by atoms with E-state index in [9.17, 15) is 33.1 Å². The molecule has 0 aliphatic carbocycles. The van der Waals surface area contributed by atoms with Gasteiger partial charge in [0, 0.05) is 0 Å². The second-order valence-electron chi connectivity index (χ2n) is 10.2. The minimum Gasteiger partial charge on any atom is -0.481 e. The number of carbonyl (C=O) groups is 4. The number of benzene rings is 1. The van der Waals surface area contributed by atoms with Crippen molar-refractivity contribution in [2.45, 2.75) is 83.4 Å². The number of anilines is 1. The van der Waals surface area contributed by atoms with E-state index in [1.54, 1.807) is 0 Å². The van der Waals surface area contributed by atoms with Crippen molar-refractivity contribution in [1.82, 2.24) is 5.06 Å². The molecule has 7 N–H and O–H groups in total. The third-order valence-corrected chi connectivity index (χ3v) is 7.77. The molecule has 1 heterocycles. The van der Waals surface area contributed by atoms with Crippen molar-refractivity contribution in [2.24, 2.45) is 0 Å². The third kappa shape index (κ3) is 9.44. The van der Waals surface area contributed by atoms with Gasteiger partial charge in [0.25, 0.3) is 0 Å². The summed E-state index contributed by atoms with van der Waals surface area (Å²) >= 11 is -4.98. The average Bonchev–Trinajstić information content (AvgIpc) is 2.70. The first-order valence-electron chi connectivity index (χ1n) is 11.5. The Balaban J connectivity index is 0.000000415. The zero-order valence-corrected chi connectivity index (χ0v) is 23.7. The van der Waals surface area contributed by atoms with Crippen molar-refractivity contribution < 1.29 is 56.4 Å². The van der Waals surface area contributed by atoms with Crippen LogP contribution in [0, 0.1) is 0 Å². The Morgan fingerprint density at radius 1 is 1.05 bits per heavy atom. The molecule has 1 aliphatic rings. The van der Waals surface area contributed by atoms with Gasteiger partial charge in [0.1, 0.15) is 0 Å². The third-order valence-electron chi connectivity index (χ3n) is 5.78. The van der Waals surface area contributed by atoms with Gasteiger partial charge in [-0.2, -0.15) is 0 Å². The van der Waals surface area contributed by atoms with Gasteiger partial charge in [-0.25, -0.2) is 4.79 Å². The first-order chi connectivity index (χ1) is 17.1. The fourth-order valence-electron chi connectivity index (χ4n) is 4.05. The number of carboxylic acids is 2. The summed E-state index contributed by atoms with van der Waals surface area (Å²) in [6, 6.07) is 3.32. The summed E-state index contributed by atoms with van der Waals surface area (Å²) in [5.74, 6) is -4.92. The molecule has 0 bridgehead atoms. The van der Waals surface area contributed by atoms with E-state index in [1.165, 1.54) is 12.0 Å². The van der Waals surface area contributed by atoms with E-state index >= 15 is 0 Å². The number of aromatic hydroxyl groups is 1. The van der Waals surface area contributed by atoms with Crippen LogP contribution in [0.4, 0.5) is 5.69 Å². The van der Waals surface area contributed by atoms with E-state index in [0.29, 0.717) is 0 Å². The van der Waals surface area contributed by atoms with E-state index in [2.05, 4.69) is 5.32 Å². The van der Waals surface area contributed by atoms with Crippen LogP contribution in [0.5, 0.6) is 5.75 Å². The van der Waals surface area contributed by atoms with Crippen molar-refractivity contribution in [2.75, 3.05) is 5.32 Å².